The van der Waals surface area contributed by atoms with E-state index in [1.54, 1.807) is 12.7 Å². The molecule has 3 saturated heterocycles. The van der Waals surface area contributed by atoms with Crippen molar-refractivity contribution in [1.82, 2.24) is 14.4 Å². The summed E-state index contributed by atoms with van der Waals surface area (Å²) < 4.78 is 7.46. The van der Waals surface area contributed by atoms with Crippen molar-refractivity contribution >= 4 is 16.8 Å². The Labute approximate surface area is 191 Å². The molecule has 1 aliphatic carbocycles. The third-order valence-electron chi connectivity index (χ3n) is 8.50. The second-order valence-corrected chi connectivity index (χ2v) is 10.2. The van der Waals surface area contributed by atoms with Crippen molar-refractivity contribution < 1.29 is 9.53 Å². The molecule has 0 radical (unpaired) electrons. The highest BCUT2D eigenvalue weighted by atomic mass is 16.5. The maximum Gasteiger partial charge on any atom is 0.255 e. The van der Waals surface area contributed by atoms with Gasteiger partial charge in [-0.15, -0.1) is 0 Å². The fourth-order valence-corrected chi connectivity index (χ4v) is 7.15. The van der Waals surface area contributed by atoms with Crippen LogP contribution < -0.4 is 0 Å². The van der Waals surface area contributed by atoms with Crippen LogP contribution in [0.15, 0.2) is 42.1 Å². The van der Waals surface area contributed by atoms with E-state index in [0.717, 1.165) is 42.0 Å². The molecule has 1 aromatic heterocycles. The number of carbonyl (C=O) groups is 1. The van der Waals surface area contributed by atoms with Crippen molar-refractivity contribution in [2.75, 3.05) is 33.4 Å². The first-order valence-corrected chi connectivity index (χ1v) is 12.6. The summed E-state index contributed by atoms with van der Waals surface area (Å²) in [7, 11) is 1.73. The summed E-state index contributed by atoms with van der Waals surface area (Å²) >= 11 is 0. The zero-order chi connectivity index (χ0) is 21.7. The molecule has 1 aromatic carbocycles. The van der Waals surface area contributed by atoms with Crippen LogP contribution in [0, 0.1) is 11.8 Å². The zero-order valence-corrected chi connectivity index (χ0v) is 19.2. The number of rotatable bonds is 4. The Morgan fingerprint density at radius 2 is 2.09 bits per heavy atom. The molecule has 5 nitrogen and oxygen atoms in total. The molecule has 4 heterocycles. The lowest BCUT2D eigenvalue weighted by atomic mass is 9.68. The van der Waals surface area contributed by atoms with E-state index < -0.39 is 0 Å². The molecule has 6 rings (SSSR count). The molecule has 4 aliphatic rings. The van der Waals surface area contributed by atoms with Gasteiger partial charge in [-0.1, -0.05) is 24.1 Å². The van der Waals surface area contributed by atoms with E-state index in [2.05, 4.69) is 38.8 Å². The van der Waals surface area contributed by atoms with E-state index >= 15 is 0 Å². The molecule has 0 spiro atoms. The van der Waals surface area contributed by atoms with Gasteiger partial charge in [0, 0.05) is 55.4 Å². The van der Waals surface area contributed by atoms with Gasteiger partial charge < -0.3 is 14.2 Å². The average Bonchev–Trinajstić information content (AvgIpc) is 3.25. The molecule has 170 valence electrons. The molecule has 4 atom stereocenters. The first-order valence-electron chi connectivity index (χ1n) is 12.6. The second-order valence-electron chi connectivity index (χ2n) is 10.2. The van der Waals surface area contributed by atoms with Gasteiger partial charge in [0.2, 0.25) is 0 Å². The highest BCUT2D eigenvalue weighted by Crippen LogP contribution is 2.45. The van der Waals surface area contributed by atoms with Crippen molar-refractivity contribution in [2.45, 2.75) is 57.2 Å². The van der Waals surface area contributed by atoms with Crippen LogP contribution in [0.3, 0.4) is 0 Å². The number of nitrogens with zero attached hydrogens (tertiary/aromatic N) is 3. The van der Waals surface area contributed by atoms with Crippen molar-refractivity contribution in [3.63, 3.8) is 0 Å². The number of methoxy groups -OCH3 is 1. The number of hydrogen-bond donors (Lipinski definition) is 0. The third-order valence-corrected chi connectivity index (χ3v) is 8.50. The van der Waals surface area contributed by atoms with Gasteiger partial charge in [0.25, 0.3) is 5.91 Å². The predicted molar refractivity (Wildman–Crippen MR) is 127 cm³/mol. The molecular weight excluding hydrogens is 398 g/mol. The van der Waals surface area contributed by atoms with Crippen molar-refractivity contribution in [3.05, 3.63) is 47.7 Å². The number of amides is 1. The predicted octanol–water partition coefficient (Wildman–Crippen LogP) is 4.32. The van der Waals surface area contributed by atoms with E-state index in [1.807, 2.05) is 12.1 Å². The molecule has 2 unspecified atom stereocenters. The molecule has 5 heteroatoms. The summed E-state index contributed by atoms with van der Waals surface area (Å²) in [6, 6.07) is 9.33. The van der Waals surface area contributed by atoms with Crippen LogP contribution in [0.25, 0.3) is 10.9 Å². The van der Waals surface area contributed by atoms with Gasteiger partial charge >= 0.3 is 0 Å². The van der Waals surface area contributed by atoms with E-state index in [0.29, 0.717) is 24.5 Å². The van der Waals surface area contributed by atoms with E-state index in [4.69, 9.17) is 4.74 Å². The fourth-order valence-electron chi connectivity index (χ4n) is 7.15. The minimum Gasteiger partial charge on any atom is -0.383 e. The number of hydrogen-bond acceptors (Lipinski definition) is 3. The number of aromatic nitrogens is 1. The molecule has 3 aliphatic heterocycles. The average molecular weight is 434 g/mol. The largest absolute Gasteiger partial charge is 0.383 e. The maximum atomic E-state index is 14.0. The van der Waals surface area contributed by atoms with Crippen LogP contribution in [0.5, 0.6) is 0 Å². The van der Waals surface area contributed by atoms with Gasteiger partial charge in [-0.05, 0) is 68.7 Å². The van der Waals surface area contributed by atoms with Gasteiger partial charge in [0.05, 0.1) is 12.6 Å². The SMILES string of the molecule is COCCn1ccc2c(C(=O)N3CCCC4=CC5CC(CN6CCCC[C@H]56)[C@@H]43)cccc21. The van der Waals surface area contributed by atoms with Crippen LogP contribution in [0.2, 0.25) is 0 Å². The molecule has 0 saturated carbocycles. The van der Waals surface area contributed by atoms with Crippen LogP contribution in [-0.2, 0) is 11.3 Å². The Hall–Kier alpha value is -2.11. The smallest absolute Gasteiger partial charge is 0.255 e. The van der Waals surface area contributed by atoms with Crippen LogP contribution in [0.4, 0.5) is 0 Å². The normalized spacial score (nSPS) is 30.0. The lowest BCUT2D eigenvalue weighted by Crippen LogP contribution is -2.60. The molecule has 2 aromatic rings. The molecule has 1 amide bonds. The van der Waals surface area contributed by atoms with Gasteiger partial charge in [-0.2, -0.15) is 0 Å². The summed E-state index contributed by atoms with van der Waals surface area (Å²) in [6.45, 7) is 4.77. The Morgan fingerprint density at radius 3 is 3.00 bits per heavy atom. The lowest BCUT2D eigenvalue weighted by Gasteiger charge is -2.54. The second kappa shape index (κ2) is 8.35. The Balaban J connectivity index is 1.32. The molecule has 0 N–H and O–H groups in total. The van der Waals surface area contributed by atoms with E-state index in [-0.39, 0.29) is 5.91 Å². The fraction of sp³-hybridized carbons (Fsp3) is 0.593. The van der Waals surface area contributed by atoms with Crippen LogP contribution >= 0.6 is 0 Å². The van der Waals surface area contributed by atoms with Crippen LogP contribution in [-0.4, -0.2) is 65.7 Å². The Morgan fingerprint density at radius 1 is 1.16 bits per heavy atom. The van der Waals surface area contributed by atoms with Gasteiger partial charge in [0.15, 0.2) is 0 Å². The highest BCUT2D eigenvalue weighted by Gasteiger charge is 2.47. The standard InChI is InChI=1S/C27H35N3O2/c1-32-15-14-28-13-10-22-23(7-4-9-25(22)28)27(31)30-12-5-6-19-16-20-17-21(26(19)30)18-29-11-3-2-8-24(20)29/h4,7,9-10,13,16,20-21,24,26H,2-3,5-6,8,11-12,14-15,17-18H2,1H3/t20?,21?,24-,26-/m1/s1. The van der Waals surface area contributed by atoms with Gasteiger partial charge in [-0.3, -0.25) is 9.69 Å². The summed E-state index contributed by atoms with van der Waals surface area (Å²) in [4.78, 5) is 19.0. The molecule has 3 fully saturated rings. The highest BCUT2D eigenvalue weighted by molar-refractivity contribution is 6.06. The Kier molecular flexibility index (Phi) is 5.34. The number of fused-ring (bicyclic) bond motifs is 7. The zero-order valence-electron chi connectivity index (χ0n) is 19.2. The number of benzene rings is 1. The van der Waals surface area contributed by atoms with E-state index in [1.165, 1.54) is 45.2 Å². The lowest BCUT2D eigenvalue weighted by molar-refractivity contribution is 0.00153. The number of ether oxygens (including phenoxy) is 1. The minimum atomic E-state index is 0.218. The minimum absolute atomic E-state index is 0.218. The van der Waals surface area contributed by atoms with Crippen molar-refractivity contribution in [1.29, 1.82) is 0 Å². The molecule has 32 heavy (non-hydrogen) atoms. The summed E-state index contributed by atoms with van der Waals surface area (Å²) in [5, 5.41) is 1.07. The van der Waals surface area contributed by atoms with Crippen LogP contribution in [0.1, 0.15) is 48.9 Å². The van der Waals surface area contributed by atoms with E-state index in [9.17, 15) is 4.79 Å². The number of piperidine rings is 3. The van der Waals surface area contributed by atoms with Gasteiger partial charge in [0.1, 0.15) is 0 Å². The number of carbonyl (C=O) groups excluding carboxylic acids is 1. The topological polar surface area (TPSA) is 37.7 Å². The third kappa shape index (κ3) is 3.32. The summed E-state index contributed by atoms with van der Waals surface area (Å²) in [5.41, 5.74) is 3.54. The summed E-state index contributed by atoms with van der Waals surface area (Å²) in [5.74, 6) is 1.51. The maximum absolute atomic E-state index is 14.0. The Bertz CT molecular complexity index is 1040. The quantitative estimate of drug-likeness (QED) is 0.674. The summed E-state index contributed by atoms with van der Waals surface area (Å²) in [6.07, 6.45) is 12.3. The monoisotopic (exact) mass is 433 g/mol. The van der Waals surface area contributed by atoms with Crippen molar-refractivity contribution in [2.24, 2.45) is 11.8 Å². The van der Waals surface area contributed by atoms with Crippen molar-refractivity contribution in [3.8, 4) is 0 Å². The molecule has 2 bridgehead atoms. The number of likely N-dealkylation sites (tertiary alicyclic amines) is 1. The first kappa shape index (κ1) is 20.5. The molecular formula is C27H35N3O2. The van der Waals surface area contributed by atoms with Gasteiger partial charge in [-0.25, -0.2) is 0 Å². The first-order chi connectivity index (χ1) is 15.7.